The van der Waals surface area contributed by atoms with Crippen LogP contribution < -0.4 is 20.1 Å². The number of furan rings is 1. The largest absolute Gasteiger partial charge is 0.494 e. The number of benzene rings is 2. The Morgan fingerprint density at radius 2 is 1.79 bits per heavy atom. The van der Waals surface area contributed by atoms with Gasteiger partial charge in [-0.15, -0.1) is 5.10 Å². The van der Waals surface area contributed by atoms with Crippen LogP contribution in [0.1, 0.15) is 12.5 Å². The summed E-state index contributed by atoms with van der Waals surface area (Å²) in [6.45, 7) is 5.02. The van der Waals surface area contributed by atoms with Gasteiger partial charge in [-0.2, -0.15) is 14.6 Å². The van der Waals surface area contributed by atoms with Gasteiger partial charge >= 0.3 is 0 Å². The summed E-state index contributed by atoms with van der Waals surface area (Å²) in [5.41, 5.74) is 7.75. The number of fused-ring (bicyclic) bond motifs is 3. The molecule has 1 saturated heterocycles. The maximum atomic E-state index is 14.7. The molecule has 7 rings (SSSR count). The highest BCUT2D eigenvalue weighted by molar-refractivity contribution is 5.94. The van der Waals surface area contributed by atoms with Gasteiger partial charge in [0.05, 0.1) is 37.3 Å². The minimum Gasteiger partial charge on any atom is -0.494 e. The molecule has 4 aromatic heterocycles. The van der Waals surface area contributed by atoms with E-state index in [1.165, 1.54) is 4.52 Å². The van der Waals surface area contributed by atoms with Crippen LogP contribution in [-0.2, 0) is 15.1 Å². The Morgan fingerprint density at radius 3 is 2.51 bits per heavy atom. The van der Waals surface area contributed by atoms with Crippen molar-refractivity contribution in [1.29, 1.82) is 0 Å². The summed E-state index contributed by atoms with van der Waals surface area (Å²) in [6.07, 6.45) is 3.21. The molecule has 14 heteroatoms. The second kappa shape index (κ2) is 12.3. The Kier molecular flexibility index (Phi) is 7.85. The molecule has 0 bridgehead atoms. The molecule has 0 radical (unpaired) electrons. The van der Waals surface area contributed by atoms with Crippen LogP contribution in [0.25, 0.3) is 28.3 Å². The van der Waals surface area contributed by atoms with Crippen molar-refractivity contribution in [1.82, 2.24) is 34.3 Å². The molecule has 0 spiro atoms. The molecule has 6 aromatic rings. The first-order chi connectivity index (χ1) is 22.9. The van der Waals surface area contributed by atoms with Crippen molar-refractivity contribution < 1.29 is 23.4 Å². The number of carbonyl (C=O) groups is 1. The first-order valence-corrected chi connectivity index (χ1v) is 15.3. The van der Waals surface area contributed by atoms with Crippen LogP contribution in [0.15, 0.2) is 77.5 Å². The highest BCUT2D eigenvalue weighted by Gasteiger charge is 2.43. The first-order valence-electron chi connectivity index (χ1n) is 15.3. The Hall–Kier alpha value is -5.63. The normalized spacial score (nSPS) is 14.9. The second-order valence-electron chi connectivity index (χ2n) is 11.3. The number of nitrogen functional groups attached to an aromatic ring is 1. The minimum atomic E-state index is -1.24. The summed E-state index contributed by atoms with van der Waals surface area (Å²) >= 11 is 0. The van der Waals surface area contributed by atoms with Gasteiger partial charge in [0.25, 0.3) is 5.91 Å². The fourth-order valence-corrected chi connectivity index (χ4v) is 6.06. The van der Waals surface area contributed by atoms with E-state index in [9.17, 15) is 4.79 Å². The van der Waals surface area contributed by atoms with Gasteiger partial charge in [0.1, 0.15) is 18.1 Å². The number of anilines is 2. The van der Waals surface area contributed by atoms with Crippen LogP contribution in [0.2, 0.25) is 0 Å². The van der Waals surface area contributed by atoms with E-state index < -0.39 is 5.54 Å². The second-order valence-corrected chi connectivity index (χ2v) is 11.3. The van der Waals surface area contributed by atoms with Crippen molar-refractivity contribution in [2.75, 3.05) is 64.2 Å². The molecule has 2 aromatic carbocycles. The number of carbonyl (C=O) groups excluding carboxylic acids is 1. The number of aromatic nitrogens is 6. The monoisotopic (exact) mass is 637 g/mol. The number of rotatable bonds is 10. The molecule has 1 aliphatic heterocycles. The lowest BCUT2D eigenvalue weighted by molar-refractivity contribution is -0.138. The molecular formula is C33H35N9O5. The zero-order chi connectivity index (χ0) is 32.5. The van der Waals surface area contributed by atoms with Crippen LogP contribution in [-0.4, -0.2) is 93.8 Å². The van der Waals surface area contributed by atoms with Crippen molar-refractivity contribution in [2.45, 2.75) is 12.5 Å². The number of ether oxygens (including phenoxy) is 3. The quantitative estimate of drug-likeness (QED) is 0.220. The number of nitrogens with zero attached hydrogens (tertiary/aromatic N) is 8. The predicted molar refractivity (Wildman–Crippen MR) is 175 cm³/mol. The van der Waals surface area contributed by atoms with Crippen molar-refractivity contribution >= 4 is 34.2 Å². The number of amides is 1. The Labute approximate surface area is 270 Å². The van der Waals surface area contributed by atoms with Gasteiger partial charge in [0.15, 0.2) is 22.6 Å². The van der Waals surface area contributed by atoms with E-state index in [1.807, 2.05) is 60.4 Å². The number of methoxy groups -OCH3 is 2. The number of piperazine rings is 1. The average molecular weight is 638 g/mol. The summed E-state index contributed by atoms with van der Waals surface area (Å²) in [7, 11) is 3.28. The maximum absolute atomic E-state index is 14.7. The molecular weight excluding hydrogens is 602 g/mol. The molecule has 1 amide bonds. The van der Waals surface area contributed by atoms with Crippen LogP contribution in [0.4, 0.5) is 11.6 Å². The van der Waals surface area contributed by atoms with E-state index in [0.29, 0.717) is 79.2 Å². The molecule has 5 heterocycles. The number of nitrogens with two attached hydrogens (primary N) is 1. The van der Waals surface area contributed by atoms with E-state index >= 15 is 0 Å². The summed E-state index contributed by atoms with van der Waals surface area (Å²) in [5, 5.41) is 9.84. The van der Waals surface area contributed by atoms with Gasteiger partial charge < -0.3 is 34.2 Å². The molecule has 242 valence electrons. The third-order valence-corrected chi connectivity index (χ3v) is 8.56. The summed E-state index contributed by atoms with van der Waals surface area (Å²) in [5.74, 6) is 2.28. The van der Waals surface area contributed by atoms with Crippen LogP contribution in [0.3, 0.4) is 0 Å². The molecule has 47 heavy (non-hydrogen) atoms. The third-order valence-electron chi connectivity index (χ3n) is 8.56. The molecule has 1 aliphatic rings. The van der Waals surface area contributed by atoms with Crippen molar-refractivity contribution in [2.24, 2.45) is 0 Å². The molecule has 2 N–H and O–H groups in total. The SMILES string of the molecule is COCCOc1ccc(N2CCN(C(=O)C(C)(c3ccccc3)n3ncc4c3nc(N)n3nc(-c5ccco5)nc43)CC2)c(OC)c1. The number of hydrogen-bond acceptors (Lipinski definition) is 11. The van der Waals surface area contributed by atoms with Crippen molar-refractivity contribution in [3.63, 3.8) is 0 Å². The van der Waals surface area contributed by atoms with E-state index in [4.69, 9.17) is 29.5 Å². The van der Waals surface area contributed by atoms with Crippen molar-refractivity contribution in [3.05, 3.63) is 78.7 Å². The van der Waals surface area contributed by atoms with Crippen LogP contribution >= 0.6 is 0 Å². The standard InChI is InChI=1S/C33H35N9O5/c1-33(22-8-5-4-6-9-22,42-30-24(21-35-42)29-36-28(26-10-7-17-47-26)38-41(29)32(34)37-30)31(43)40-15-13-39(14-16-40)25-12-11-23(20-27(25)45-3)46-19-18-44-2/h4-12,17,20-21H,13-16,18-19H2,1-3H3,(H2,34,37). The molecule has 1 atom stereocenters. The molecule has 0 aliphatic carbocycles. The van der Waals surface area contributed by atoms with Crippen LogP contribution in [0.5, 0.6) is 11.5 Å². The fraction of sp³-hybridized carbons (Fsp3) is 0.303. The van der Waals surface area contributed by atoms with Gasteiger partial charge in [-0.3, -0.25) is 4.79 Å². The van der Waals surface area contributed by atoms with Gasteiger partial charge in [-0.05, 0) is 36.8 Å². The first kappa shape index (κ1) is 30.0. The lowest BCUT2D eigenvalue weighted by Gasteiger charge is -2.41. The fourth-order valence-electron chi connectivity index (χ4n) is 6.06. The van der Waals surface area contributed by atoms with Gasteiger partial charge in [0.2, 0.25) is 11.8 Å². The summed E-state index contributed by atoms with van der Waals surface area (Å²) in [6, 6.07) is 18.9. The molecule has 1 unspecified atom stereocenters. The van der Waals surface area contributed by atoms with Gasteiger partial charge in [0, 0.05) is 39.4 Å². The molecule has 0 saturated carbocycles. The number of hydrogen-bond donors (Lipinski definition) is 1. The average Bonchev–Trinajstić information content (AvgIpc) is 3.89. The highest BCUT2D eigenvalue weighted by Crippen LogP contribution is 2.36. The van der Waals surface area contributed by atoms with E-state index in [0.717, 1.165) is 11.3 Å². The lowest BCUT2D eigenvalue weighted by atomic mass is 9.90. The lowest BCUT2D eigenvalue weighted by Crippen LogP contribution is -2.56. The maximum Gasteiger partial charge on any atom is 0.255 e. The highest BCUT2D eigenvalue weighted by atomic mass is 16.5. The Bertz CT molecular complexity index is 2020. The summed E-state index contributed by atoms with van der Waals surface area (Å²) < 4.78 is 25.2. The van der Waals surface area contributed by atoms with Crippen molar-refractivity contribution in [3.8, 4) is 23.1 Å². The minimum absolute atomic E-state index is 0.111. The van der Waals surface area contributed by atoms with E-state index in [-0.39, 0.29) is 11.9 Å². The van der Waals surface area contributed by atoms with Gasteiger partial charge in [-0.1, -0.05) is 30.3 Å². The van der Waals surface area contributed by atoms with E-state index in [2.05, 4.69) is 20.0 Å². The zero-order valence-electron chi connectivity index (χ0n) is 26.4. The smallest absolute Gasteiger partial charge is 0.255 e. The third kappa shape index (κ3) is 5.25. The van der Waals surface area contributed by atoms with Gasteiger partial charge in [-0.25, -0.2) is 9.67 Å². The Morgan fingerprint density at radius 1 is 0.979 bits per heavy atom. The molecule has 14 nitrogen and oxygen atoms in total. The zero-order valence-corrected chi connectivity index (χ0v) is 26.4. The summed E-state index contributed by atoms with van der Waals surface area (Å²) in [4.78, 5) is 28.1. The van der Waals surface area contributed by atoms with E-state index in [1.54, 1.807) is 43.5 Å². The van der Waals surface area contributed by atoms with Crippen LogP contribution in [0, 0.1) is 0 Å². The Balaban J connectivity index is 1.20. The molecule has 1 fully saturated rings. The topological polar surface area (TPSA) is 151 Å². The predicted octanol–water partition coefficient (Wildman–Crippen LogP) is 3.46.